The van der Waals surface area contributed by atoms with Gasteiger partial charge in [0.2, 0.25) is 0 Å². The predicted octanol–water partition coefficient (Wildman–Crippen LogP) is 0.627. The van der Waals surface area contributed by atoms with E-state index in [1.807, 2.05) is 6.92 Å². The molecule has 2 N–H and O–H groups in total. The zero-order valence-electron chi connectivity index (χ0n) is 12.1. The largest absolute Gasteiger partial charge is 0.486 e. The Morgan fingerprint density at radius 2 is 2.10 bits per heavy atom. The monoisotopic (exact) mass is 295 g/mol. The predicted molar refractivity (Wildman–Crippen MR) is 77.1 cm³/mol. The van der Waals surface area contributed by atoms with Gasteiger partial charge in [0, 0.05) is 12.1 Å². The van der Waals surface area contributed by atoms with Gasteiger partial charge in [0.25, 0.3) is 0 Å². The number of carbonyl (C=O) groups excluding carboxylic acids is 1. The molecule has 0 fully saturated rings. The van der Waals surface area contributed by atoms with Crippen molar-refractivity contribution < 1.29 is 24.1 Å². The summed E-state index contributed by atoms with van der Waals surface area (Å²) >= 11 is 0. The summed E-state index contributed by atoms with van der Waals surface area (Å²) in [5.74, 6) is 1.29. The van der Waals surface area contributed by atoms with Crippen LogP contribution < -0.4 is 14.8 Å². The molecule has 0 radical (unpaired) electrons. The van der Waals surface area contributed by atoms with Gasteiger partial charge >= 0.3 is 0 Å². The van der Waals surface area contributed by atoms with Crippen LogP contribution in [0.5, 0.6) is 11.5 Å². The van der Waals surface area contributed by atoms with Gasteiger partial charge in [0.1, 0.15) is 13.2 Å². The molecule has 0 aromatic heterocycles. The summed E-state index contributed by atoms with van der Waals surface area (Å²) in [4.78, 5) is 12.3. The molecule has 1 aromatic carbocycles. The number of aliphatic hydroxyl groups excluding tert-OH is 1. The van der Waals surface area contributed by atoms with Gasteiger partial charge in [-0.25, -0.2) is 0 Å². The molecule has 1 unspecified atom stereocenters. The van der Waals surface area contributed by atoms with E-state index in [1.54, 1.807) is 18.2 Å². The van der Waals surface area contributed by atoms with Crippen LogP contribution in [-0.4, -0.2) is 56.5 Å². The number of hydrogen-bond donors (Lipinski definition) is 2. The molecule has 0 aliphatic carbocycles. The van der Waals surface area contributed by atoms with Crippen LogP contribution in [0.15, 0.2) is 18.2 Å². The van der Waals surface area contributed by atoms with Crippen molar-refractivity contribution >= 4 is 5.78 Å². The maximum Gasteiger partial charge on any atom is 0.179 e. The SMILES string of the molecule is CC(NCCOCCO)C(=O)c1ccc2c(c1)OCCO2. The minimum atomic E-state index is -0.315. The molecule has 1 heterocycles. The molecule has 1 atom stereocenters. The molecule has 116 valence electrons. The number of aliphatic hydroxyl groups is 1. The Morgan fingerprint density at radius 1 is 1.33 bits per heavy atom. The van der Waals surface area contributed by atoms with Crippen LogP contribution in [0.3, 0.4) is 0 Å². The first kappa shape index (κ1) is 15.8. The Hall–Kier alpha value is -1.63. The van der Waals surface area contributed by atoms with Crippen LogP contribution >= 0.6 is 0 Å². The molecule has 0 amide bonds. The summed E-state index contributed by atoms with van der Waals surface area (Å²) in [6, 6.07) is 4.91. The van der Waals surface area contributed by atoms with E-state index in [1.165, 1.54) is 0 Å². The number of fused-ring (bicyclic) bond motifs is 1. The normalized spacial score (nSPS) is 14.8. The summed E-state index contributed by atoms with van der Waals surface area (Å²) in [5.41, 5.74) is 0.593. The molecule has 21 heavy (non-hydrogen) atoms. The topological polar surface area (TPSA) is 77.0 Å². The van der Waals surface area contributed by atoms with Gasteiger partial charge in [0.15, 0.2) is 17.3 Å². The summed E-state index contributed by atoms with van der Waals surface area (Å²) < 4.78 is 16.0. The summed E-state index contributed by atoms with van der Waals surface area (Å²) in [5, 5.41) is 11.7. The highest BCUT2D eigenvalue weighted by Gasteiger charge is 2.18. The van der Waals surface area contributed by atoms with Crippen molar-refractivity contribution in [1.29, 1.82) is 0 Å². The van der Waals surface area contributed by atoms with Gasteiger partial charge in [0.05, 0.1) is 25.9 Å². The molecule has 1 aliphatic heterocycles. The fourth-order valence-corrected chi connectivity index (χ4v) is 2.05. The van der Waals surface area contributed by atoms with E-state index in [0.29, 0.717) is 50.0 Å². The van der Waals surface area contributed by atoms with E-state index >= 15 is 0 Å². The maximum atomic E-state index is 12.3. The summed E-state index contributed by atoms with van der Waals surface area (Å²) in [7, 11) is 0. The number of ether oxygens (including phenoxy) is 3. The van der Waals surface area contributed by atoms with Crippen molar-refractivity contribution in [2.24, 2.45) is 0 Å². The van der Waals surface area contributed by atoms with Crippen molar-refractivity contribution in [1.82, 2.24) is 5.32 Å². The lowest BCUT2D eigenvalue weighted by Gasteiger charge is -2.19. The summed E-state index contributed by atoms with van der Waals surface area (Å²) in [6.07, 6.45) is 0. The molecule has 0 bridgehead atoms. The molecule has 0 spiro atoms. The van der Waals surface area contributed by atoms with E-state index in [0.717, 1.165) is 0 Å². The molecule has 2 rings (SSSR count). The van der Waals surface area contributed by atoms with Crippen molar-refractivity contribution in [3.63, 3.8) is 0 Å². The van der Waals surface area contributed by atoms with E-state index < -0.39 is 0 Å². The molecule has 0 saturated carbocycles. The van der Waals surface area contributed by atoms with Crippen LogP contribution in [0, 0.1) is 0 Å². The lowest BCUT2D eigenvalue weighted by molar-refractivity contribution is 0.0869. The number of Topliss-reactive ketones (excluding diaryl/α,β-unsaturated/α-hetero) is 1. The first-order chi connectivity index (χ1) is 10.2. The minimum absolute atomic E-state index is 0.00543. The first-order valence-electron chi connectivity index (χ1n) is 7.08. The highest BCUT2D eigenvalue weighted by molar-refractivity contribution is 6.00. The third kappa shape index (κ3) is 4.42. The highest BCUT2D eigenvalue weighted by Crippen LogP contribution is 2.31. The molecule has 6 nitrogen and oxygen atoms in total. The third-order valence-corrected chi connectivity index (χ3v) is 3.15. The zero-order valence-corrected chi connectivity index (χ0v) is 12.1. The smallest absolute Gasteiger partial charge is 0.179 e. The first-order valence-corrected chi connectivity index (χ1v) is 7.08. The fraction of sp³-hybridized carbons (Fsp3) is 0.533. The third-order valence-electron chi connectivity index (χ3n) is 3.15. The van der Waals surface area contributed by atoms with Gasteiger partial charge in [-0.05, 0) is 25.1 Å². The van der Waals surface area contributed by atoms with Crippen LogP contribution in [0.2, 0.25) is 0 Å². The highest BCUT2D eigenvalue weighted by atomic mass is 16.6. The van der Waals surface area contributed by atoms with Crippen LogP contribution in [-0.2, 0) is 4.74 Å². The number of carbonyl (C=O) groups is 1. The number of benzene rings is 1. The molecular weight excluding hydrogens is 274 g/mol. The second kappa shape index (κ2) is 7.97. The van der Waals surface area contributed by atoms with E-state index in [2.05, 4.69) is 5.32 Å². The van der Waals surface area contributed by atoms with Crippen LogP contribution in [0.25, 0.3) is 0 Å². The van der Waals surface area contributed by atoms with Crippen molar-refractivity contribution in [2.75, 3.05) is 39.6 Å². The van der Waals surface area contributed by atoms with Gasteiger partial charge in [-0.1, -0.05) is 0 Å². The molecule has 0 saturated heterocycles. The number of nitrogens with one attached hydrogen (secondary N) is 1. The Labute approximate surface area is 124 Å². The minimum Gasteiger partial charge on any atom is -0.486 e. The summed E-state index contributed by atoms with van der Waals surface area (Å²) in [6.45, 7) is 4.17. The molecule has 1 aliphatic rings. The van der Waals surface area contributed by atoms with Gasteiger partial charge in [-0.15, -0.1) is 0 Å². The van der Waals surface area contributed by atoms with Gasteiger partial charge in [-0.2, -0.15) is 0 Å². The van der Waals surface area contributed by atoms with Crippen LogP contribution in [0.4, 0.5) is 0 Å². The van der Waals surface area contributed by atoms with E-state index in [4.69, 9.17) is 19.3 Å². The fourth-order valence-electron chi connectivity index (χ4n) is 2.05. The quantitative estimate of drug-likeness (QED) is 0.541. The van der Waals surface area contributed by atoms with Crippen LogP contribution in [0.1, 0.15) is 17.3 Å². The van der Waals surface area contributed by atoms with Crippen molar-refractivity contribution in [3.05, 3.63) is 23.8 Å². The molecule has 6 heteroatoms. The molecule has 1 aromatic rings. The second-order valence-electron chi connectivity index (χ2n) is 4.73. The second-order valence-corrected chi connectivity index (χ2v) is 4.73. The van der Waals surface area contributed by atoms with Crippen molar-refractivity contribution in [3.8, 4) is 11.5 Å². The lowest BCUT2D eigenvalue weighted by Crippen LogP contribution is -2.36. The van der Waals surface area contributed by atoms with Gasteiger partial charge < -0.3 is 24.6 Å². The Kier molecular flexibility index (Phi) is 5.98. The Balaban J connectivity index is 1.87. The Bertz CT molecular complexity index is 477. The van der Waals surface area contributed by atoms with Crippen molar-refractivity contribution in [2.45, 2.75) is 13.0 Å². The standard InChI is InChI=1S/C15H21NO5/c1-11(16-4-6-19-7-5-17)15(18)12-2-3-13-14(10-12)21-9-8-20-13/h2-3,10-11,16-17H,4-9H2,1H3. The van der Waals surface area contributed by atoms with E-state index in [9.17, 15) is 4.79 Å². The maximum absolute atomic E-state index is 12.3. The Morgan fingerprint density at radius 3 is 2.86 bits per heavy atom. The van der Waals surface area contributed by atoms with Gasteiger partial charge in [-0.3, -0.25) is 4.79 Å². The number of hydrogen-bond acceptors (Lipinski definition) is 6. The lowest BCUT2D eigenvalue weighted by atomic mass is 10.0. The zero-order chi connectivity index (χ0) is 15.1. The average molecular weight is 295 g/mol. The van der Waals surface area contributed by atoms with E-state index in [-0.39, 0.29) is 18.4 Å². The molecular formula is C15H21NO5. The average Bonchev–Trinajstić information content (AvgIpc) is 2.53. The number of rotatable bonds is 8. The number of ketones is 1.